The van der Waals surface area contributed by atoms with Crippen LogP contribution in [0.5, 0.6) is 0 Å². The summed E-state index contributed by atoms with van der Waals surface area (Å²) in [7, 11) is 0. The quantitative estimate of drug-likeness (QED) is 0.609. The molecule has 1 aromatic carbocycles. The van der Waals surface area contributed by atoms with Crippen LogP contribution in [0.25, 0.3) is 11.0 Å². The molecule has 0 amide bonds. The molecular formula is C16H21NO2. The van der Waals surface area contributed by atoms with Crippen LogP contribution in [0.3, 0.4) is 0 Å². The van der Waals surface area contributed by atoms with E-state index in [1.165, 1.54) is 10.9 Å². The largest absolute Gasteiger partial charge is 0.458 e. The molecule has 1 heterocycles. The van der Waals surface area contributed by atoms with Crippen molar-refractivity contribution in [3.63, 3.8) is 0 Å². The zero-order valence-electron chi connectivity index (χ0n) is 11.6. The molecule has 0 saturated carbocycles. The fourth-order valence-corrected chi connectivity index (χ4v) is 2.03. The third-order valence-electron chi connectivity index (χ3n) is 3.02. The molecule has 0 aliphatic heterocycles. The van der Waals surface area contributed by atoms with Crippen molar-refractivity contribution >= 4 is 11.0 Å². The van der Waals surface area contributed by atoms with E-state index in [-0.39, 0.29) is 0 Å². The van der Waals surface area contributed by atoms with Crippen molar-refractivity contribution in [2.24, 2.45) is 0 Å². The molecule has 0 radical (unpaired) electrons. The molecule has 0 aliphatic rings. The van der Waals surface area contributed by atoms with Crippen molar-refractivity contribution in [2.45, 2.75) is 27.0 Å². The lowest BCUT2D eigenvalue weighted by Crippen LogP contribution is -2.12. The van der Waals surface area contributed by atoms with E-state index in [0.29, 0.717) is 13.2 Å². The van der Waals surface area contributed by atoms with Crippen molar-refractivity contribution in [3.8, 4) is 0 Å². The average molecular weight is 259 g/mol. The maximum atomic E-state index is 5.89. The van der Waals surface area contributed by atoms with Crippen LogP contribution in [0, 0.1) is 0 Å². The van der Waals surface area contributed by atoms with Gasteiger partial charge in [0.1, 0.15) is 18.0 Å². The summed E-state index contributed by atoms with van der Waals surface area (Å²) in [5.74, 6) is 0.923. The highest BCUT2D eigenvalue weighted by Gasteiger charge is 2.13. The molecule has 0 unspecified atom stereocenters. The van der Waals surface area contributed by atoms with Crippen molar-refractivity contribution in [1.29, 1.82) is 0 Å². The second kappa shape index (κ2) is 7.12. The van der Waals surface area contributed by atoms with E-state index in [2.05, 4.69) is 18.3 Å². The fraction of sp³-hybridized carbons (Fsp3) is 0.375. The highest BCUT2D eigenvalue weighted by molar-refractivity contribution is 5.82. The molecule has 0 atom stereocenters. The van der Waals surface area contributed by atoms with Crippen molar-refractivity contribution in [3.05, 3.63) is 47.7 Å². The predicted octanol–water partition coefficient (Wildman–Crippen LogP) is 3.64. The number of allylic oxidation sites excluding steroid dienone is 1. The predicted molar refractivity (Wildman–Crippen MR) is 78.1 cm³/mol. The van der Waals surface area contributed by atoms with Crippen LogP contribution >= 0.6 is 0 Å². The highest BCUT2D eigenvalue weighted by Crippen LogP contribution is 2.26. The molecule has 2 aromatic rings. The van der Waals surface area contributed by atoms with Gasteiger partial charge in [-0.15, -0.1) is 0 Å². The Bertz CT molecular complexity index is 543. The third-order valence-corrected chi connectivity index (χ3v) is 3.02. The minimum absolute atomic E-state index is 0.514. The summed E-state index contributed by atoms with van der Waals surface area (Å²) in [6.45, 7) is 6.98. The number of rotatable bonds is 7. The van der Waals surface area contributed by atoms with Crippen molar-refractivity contribution < 1.29 is 9.15 Å². The van der Waals surface area contributed by atoms with E-state index in [0.717, 1.165) is 24.4 Å². The van der Waals surface area contributed by atoms with Crippen LogP contribution < -0.4 is 5.32 Å². The standard InChI is InChI=1S/C16H21NO2/c1-3-5-10-18-12-16-14(11-17-4-2)13-8-6-7-9-15(13)19-16/h3,5-9,17H,4,10-12H2,1-2H3. The van der Waals surface area contributed by atoms with Crippen LogP contribution in [-0.2, 0) is 17.9 Å². The lowest BCUT2D eigenvalue weighted by Gasteiger charge is -2.04. The molecule has 1 N–H and O–H groups in total. The van der Waals surface area contributed by atoms with Gasteiger partial charge in [0.2, 0.25) is 0 Å². The molecule has 0 saturated heterocycles. The van der Waals surface area contributed by atoms with Crippen LogP contribution in [0.15, 0.2) is 40.8 Å². The van der Waals surface area contributed by atoms with Gasteiger partial charge in [-0.3, -0.25) is 0 Å². The molecule has 0 spiro atoms. The SMILES string of the molecule is CC=CCOCc1oc2ccccc2c1CNCC. The van der Waals surface area contributed by atoms with Crippen LogP contribution in [0.2, 0.25) is 0 Å². The molecule has 2 rings (SSSR count). The van der Waals surface area contributed by atoms with Crippen LogP contribution in [0.4, 0.5) is 0 Å². The molecule has 0 bridgehead atoms. The number of fused-ring (bicyclic) bond motifs is 1. The number of ether oxygens (including phenoxy) is 1. The molecular weight excluding hydrogens is 238 g/mol. The summed E-state index contributed by atoms with van der Waals surface area (Å²) >= 11 is 0. The molecule has 3 heteroatoms. The first-order chi connectivity index (χ1) is 9.36. The fourth-order valence-electron chi connectivity index (χ4n) is 2.03. The average Bonchev–Trinajstić information content (AvgIpc) is 2.79. The maximum Gasteiger partial charge on any atom is 0.135 e. The van der Waals surface area contributed by atoms with E-state index in [9.17, 15) is 0 Å². The van der Waals surface area contributed by atoms with Gasteiger partial charge in [-0.1, -0.05) is 37.3 Å². The molecule has 102 valence electrons. The number of benzene rings is 1. The number of para-hydroxylation sites is 1. The molecule has 1 aromatic heterocycles. The summed E-state index contributed by atoms with van der Waals surface area (Å²) in [6.07, 6.45) is 3.98. The Kier molecular flexibility index (Phi) is 5.19. The number of hydrogen-bond acceptors (Lipinski definition) is 3. The zero-order chi connectivity index (χ0) is 13.5. The van der Waals surface area contributed by atoms with Gasteiger partial charge in [0.15, 0.2) is 0 Å². The van der Waals surface area contributed by atoms with Gasteiger partial charge < -0.3 is 14.5 Å². The van der Waals surface area contributed by atoms with Gasteiger partial charge in [-0.2, -0.15) is 0 Å². The Morgan fingerprint density at radius 2 is 2.16 bits per heavy atom. The van der Waals surface area contributed by atoms with E-state index in [4.69, 9.17) is 9.15 Å². The third kappa shape index (κ3) is 3.46. The first-order valence-corrected chi connectivity index (χ1v) is 6.75. The normalized spacial score (nSPS) is 11.7. The first-order valence-electron chi connectivity index (χ1n) is 6.75. The number of hydrogen-bond donors (Lipinski definition) is 1. The van der Waals surface area contributed by atoms with E-state index in [1.807, 2.05) is 37.3 Å². The minimum atomic E-state index is 0.514. The van der Waals surface area contributed by atoms with Crippen molar-refractivity contribution in [2.75, 3.05) is 13.2 Å². The summed E-state index contributed by atoms with van der Waals surface area (Å²) in [5.41, 5.74) is 2.14. The van der Waals surface area contributed by atoms with Gasteiger partial charge in [-0.05, 0) is 19.5 Å². The van der Waals surface area contributed by atoms with E-state index < -0.39 is 0 Å². The second-order valence-corrected chi connectivity index (χ2v) is 4.36. The summed E-state index contributed by atoms with van der Waals surface area (Å²) < 4.78 is 11.5. The summed E-state index contributed by atoms with van der Waals surface area (Å²) in [5, 5.41) is 4.53. The number of furan rings is 1. The number of nitrogens with one attached hydrogen (secondary N) is 1. The van der Waals surface area contributed by atoms with Crippen LogP contribution in [0.1, 0.15) is 25.2 Å². The highest BCUT2D eigenvalue weighted by atomic mass is 16.5. The topological polar surface area (TPSA) is 34.4 Å². The Labute approximate surface area is 114 Å². The molecule has 19 heavy (non-hydrogen) atoms. The van der Waals surface area contributed by atoms with Gasteiger partial charge in [0.25, 0.3) is 0 Å². The van der Waals surface area contributed by atoms with Crippen molar-refractivity contribution in [1.82, 2.24) is 5.32 Å². The summed E-state index contributed by atoms with van der Waals surface area (Å²) in [6, 6.07) is 8.13. The maximum absolute atomic E-state index is 5.89. The minimum Gasteiger partial charge on any atom is -0.458 e. The Balaban J connectivity index is 2.19. The lowest BCUT2D eigenvalue weighted by molar-refractivity contribution is 0.132. The smallest absolute Gasteiger partial charge is 0.135 e. The van der Waals surface area contributed by atoms with E-state index in [1.54, 1.807) is 0 Å². The molecule has 0 aliphatic carbocycles. The van der Waals surface area contributed by atoms with Gasteiger partial charge in [-0.25, -0.2) is 0 Å². The van der Waals surface area contributed by atoms with E-state index >= 15 is 0 Å². The lowest BCUT2D eigenvalue weighted by atomic mass is 10.1. The zero-order valence-corrected chi connectivity index (χ0v) is 11.6. The van der Waals surface area contributed by atoms with Gasteiger partial charge in [0, 0.05) is 17.5 Å². The molecule has 0 fully saturated rings. The van der Waals surface area contributed by atoms with Crippen LogP contribution in [-0.4, -0.2) is 13.2 Å². The second-order valence-electron chi connectivity index (χ2n) is 4.36. The Hall–Kier alpha value is -1.58. The summed E-state index contributed by atoms with van der Waals surface area (Å²) in [4.78, 5) is 0. The Morgan fingerprint density at radius 1 is 1.32 bits per heavy atom. The Morgan fingerprint density at radius 3 is 2.95 bits per heavy atom. The van der Waals surface area contributed by atoms with Gasteiger partial charge in [0.05, 0.1) is 6.61 Å². The monoisotopic (exact) mass is 259 g/mol. The first kappa shape index (κ1) is 13.8. The van der Waals surface area contributed by atoms with Gasteiger partial charge >= 0.3 is 0 Å². The molecule has 3 nitrogen and oxygen atoms in total.